The SMILES string of the molecule is CC(C)(C)OC(=O)NC(C(=O)C(F)(F)F)c1ccccc1. The van der Waals surface area contributed by atoms with E-state index in [1.807, 2.05) is 5.32 Å². The Hall–Kier alpha value is -2.05. The molecule has 1 amide bonds. The predicted octanol–water partition coefficient (Wildman–Crippen LogP) is 3.38. The van der Waals surface area contributed by atoms with Crippen molar-refractivity contribution in [2.75, 3.05) is 0 Å². The molecule has 0 spiro atoms. The van der Waals surface area contributed by atoms with E-state index in [0.29, 0.717) is 0 Å². The minimum atomic E-state index is -5.06. The predicted molar refractivity (Wildman–Crippen MR) is 69.6 cm³/mol. The van der Waals surface area contributed by atoms with E-state index in [9.17, 15) is 22.8 Å². The molecule has 0 aliphatic carbocycles. The minimum Gasteiger partial charge on any atom is -0.444 e. The van der Waals surface area contributed by atoms with E-state index in [-0.39, 0.29) is 5.56 Å². The topological polar surface area (TPSA) is 55.4 Å². The molecule has 1 rings (SSSR count). The average molecular weight is 303 g/mol. The molecule has 4 nitrogen and oxygen atoms in total. The second-order valence-electron chi connectivity index (χ2n) is 5.35. The smallest absolute Gasteiger partial charge is 0.444 e. The number of Topliss-reactive ketones (excluding diaryl/α,β-unsaturated/α-hetero) is 1. The number of nitrogens with one attached hydrogen (secondary N) is 1. The van der Waals surface area contributed by atoms with Crippen molar-refractivity contribution < 1.29 is 27.5 Å². The Labute approximate surface area is 120 Å². The summed E-state index contributed by atoms with van der Waals surface area (Å²) in [5, 5.41) is 1.97. The number of rotatable bonds is 3. The van der Waals surface area contributed by atoms with Gasteiger partial charge in [0.2, 0.25) is 0 Å². The lowest BCUT2D eigenvalue weighted by molar-refractivity contribution is -0.173. The number of alkyl carbamates (subject to hydrolysis) is 1. The highest BCUT2D eigenvalue weighted by Crippen LogP contribution is 2.26. The Bertz CT molecular complexity index is 506. The molecule has 116 valence electrons. The van der Waals surface area contributed by atoms with Crippen molar-refractivity contribution in [3.63, 3.8) is 0 Å². The highest BCUT2D eigenvalue weighted by molar-refractivity contribution is 5.92. The van der Waals surface area contributed by atoms with Crippen LogP contribution >= 0.6 is 0 Å². The number of benzene rings is 1. The maximum absolute atomic E-state index is 12.6. The lowest BCUT2D eigenvalue weighted by Gasteiger charge is -2.23. The molecule has 0 heterocycles. The molecule has 0 aromatic heterocycles. The molecule has 1 unspecified atom stereocenters. The molecular weight excluding hydrogens is 287 g/mol. The average Bonchev–Trinajstić information content (AvgIpc) is 2.33. The van der Waals surface area contributed by atoms with E-state index in [1.54, 1.807) is 26.8 Å². The third kappa shape index (κ3) is 5.45. The normalized spacial score (nSPS) is 13.4. The minimum absolute atomic E-state index is 0.0330. The molecule has 0 fully saturated rings. The summed E-state index contributed by atoms with van der Waals surface area (Å²) in [4.78, 5) is 23.1. The summed E-state index contributed by atoms with van der Waals surface area (Å²) < 4.78 is 42.8. The molecule has 0 radical (unpaired) electrons. The van der Waals surface area contributed by atoms with Crippen molar-refractivity contribution in [2.24, 2.45) is 0 Å². The molecule has 0 saturated carbocycles. The maximum atomic E-state index is 12.6. The van der Waals surface area contributed by atoms with Gasteiger partial charge in [0.1, 0.15) is 11.6 Å². The van der Waals surface area contributed by atoms with Crippen LogP contribution < -0.4 is 5.32 Å². The number of amides is 1. The van der Waals surface area contributed by atoms with Gasteiger partial charge in [-0.1, -0.05) is 30.3 Å². The quantitative estimate of drug-likeness (QED) is 0.931. The Morgan fingerprint density at radius 1 is 1.10 bits per heavy atom. The monoisotopic (exact) mass is 303 g/mol. The number of carbonyl (C=O) groups excluding carboxylic acids is 2. The molecule has 1 atom stereocenters. The highest BCUT2D eigenvalue weighted by atomic mass is 19.4. The Morgan fingerprint density at radius 2 is 1.62 bits per heavy atom. The van der Waals surface area contributed by atoms with Gasteiger partial charge in [0.05, 0.1) is 0 Å². The number of ether oxygens (including phenoxy) is 1. The van der Waals surface area contributed by atoms with Crippen molar-refractivity contribution in [1.29, 1.82) is 0 Å². The van der Waals surface area contributed by atoms with Gasteiger partial charge in [0, 0.05) is 0 Å². The number of hydrogen-bond acceptors (Lipinski definition) is 3. The molecule has 0 bridgehead atoms. The van der Waals surface area contributed by atoms with Gasteiger partial charge in [-0.15, -0.1) is 0 Å². The number of alkyl halides is 3. The van der Waals surface area contributed by atoms with Gasteiger partial charge in [0.15, 0.2) is 0 Å². The van der Waals surface area contributed by atoms with Crippen molar-refractivity contribution in [3.05, 3.63) is 35.9 Å². The number of ketones is 1. The third-order valence-electron chi connectivity index (χ3n) is 2.34. The standard InChI is InChI=1S/C14H16F3NO3/c1-13(2,3)21-12(20)18-10(11(19)14(15,16)17)9-7-5-4-6-8-9/h4-8,10H,1-3H3,(H,18,20). The van der Waals surface area contributed by atoms with Gasteiger partial charge in [0.25, 0.3) is 5.78 Å². The van der Waals surface area contributed by atoms with E-state index >= 15 is 0 Å². The van der Waals surface area contributed by atoms with Crippen LogP contribution in [-0.2, 0) is 9.53 Å². The van der Waals surface area contributed by atoms with E-state index < -0.39 is 29.7 Å². The van der Waals surface area contributed by atoms with Crippen molar-refractivity contribution in [1.82, 2.24) is 5.32 Å². The van der Waals surface area contributed by atoms with Crippen LogP contribution in [0.25, 0.3) is 0 Å². The van der Waals surface area contributed by atoms with Crippen LogP contribution in [0.5, 0.6) is 0 Å². The molecule has 1 aromatic rings. The Morgan fingerprint density at radius 3 is 2.05 bits per heavy atom. The molecule has 0 saturated heterocycles. The van der Waals surface area contributed by atoms with E-state index in [1.165, 1.54) is 24.3 Å². The van der Waals surface area contributed by atoms with Crippen LogP contribution in [0.3, 0.4) is 0 Å². The zero-order chi connectivity index (χ0) is 16.3. The zero-order valence-corrected chi connectivity index (χ0v) is 11.8. The summed E-state index contributed by atoms with van der Waals surface area (Å²) in [5.41, 5.74) is -0.849. The number of carbonyl (C=O) groups is 2. The molecular formula is C14H16F3NO3. The van der Waals surface area contributed by atoms with Crippen LogP contribution in [-0.4, -0.2) is 23.7 Å². The maximum Gasteiger partial charge on any atom is 0.452 e. The number of hydrogen-bond donors (Lipinski definition) is 1. The molecule has 1 aromatic carbocycles. The van der Waals surface area contributed by atoms with Crippen LogP contribution in [0, 0.1) is 0 Å². The van der Waals surface area contributed by atoms with Crippen LogP contribution in [0.15, 0.2) is 30.3 Å². The molecule has 0 aliphatic heterocycles. The van der Waals surface area contributed by atoms with E-state index in [0.717, 1.165) is 0 Å². The van der Waals surface area contributed by atoms with Crippen LogP contribution in [0.4, 0.5) is 18.0 Å². The van der Waals surface area contributed by atoms with Gasteiger partial charge in [-0.3, -0.25) is 4.79 Å². The second kappa shape index (κ2) is 6.15. The summed E-state index contributed by atoms with van der Waals surface area (Å²) in [6.45, 7) is 4.70. The van der Waals surface area contributed by atoms with Gasteiger partial charge >= 0.3 is 12.3 Å². The second-order valence-corrected chi connectivity index (χ2v) is 5.35. The lowest BCUT2D eigenvalue weighted by atomic mass is 10.0. The summed E-state index contributed by atoms with van der Waals surface area (Å²) in [6, 6.07) is 5.36. The number of halogens is 3. The fourth-order valence-corrected chi connectivity index (χ4v) is 1.53. The van der Waals surface area contributed by atoms with Gasteiger partial charge in [-0.2, -0.15) is 13.2 Å². The van der Waals surface area contributed by atoms with E-state index in [2.05, 4.69) is 0 Å². The van der Waals surface area contributed by atoms with Gasteiger partial charge < -0.3 is 10.1 Å². The first kappa shape index (κ1) is 17.0. The Kier molecular flexibility index (Phi) is 4.98. The summed E-state index contributed by atoms with van der Waals surface area (Å²) >= 11 is 0. The molecule has 1 N–H and O–H groups in total. The lowest BCUT2D eigenvalue weighted by Crippen LogP contribution is -2.42. The first-order valence-corrected chi connectivity index (χ1v) is 6.16. The highest BCUT2D eigenvalue weighted by Gasteiger charge is 2.45. The molecule has 21 heavy (non-hydrogen) atoms. The van der Waals surface area contributed by atoms with Crippen molar-refractivity contribution in [3.8, 4) is 0 Å². The van der Waals surface area contributed by atoms with Gasteiger partial charge in [-0.25, -0.2) is 4.79 Å². The van der Waals surface area contributed by atoms with Crippen molar-refractivity contribution >= 4 is 11.9 Å². The van der Waals surface area contributed by atoms with Crippen molar-refractivity contribution in [2.45, 2.75) is 38.6 Å². The Balaban J connectivity index is 2.99. The molecule has 7 heteroatoms. The summed E-state index contributed by atoms with van der Waals surface area (Å²) in [6.07, 6.45) is -6.15. The fourth-order valence-electron chi connectivity index (χ4n) is 1.53. The van der Waals surface area contributed by atoms with Crippen LogP contribution in [0.1, 0.15) is 32.4 Å². The summed E-state index contributed by atoms with van der Waals surface area (Å²) in [5.74, 6) is -2.06. The molecule has 0 aliphatic rings. The fraction of sp³-hybridized carbons (Fsp3) is 0.429. The third-order valence-corrected chi connectivity index (χ3v) is 2.34. The summed E-state index contributed by atoms with van der Waals surface area (Å²) in [7, 11) is 0. The largest absolute Gasteiger partial charge is 0.452 e. The van der Waals surface area contributed by atoms with Gasteiger partial charge in [-0.05, 0) is 26.3 Å². The first-order chi connectivity index (χ1) is 9.50. The zero-order valence-electron chi connectivity index (χ0n) is 11.8. The van der Waals surface area contributed by atoms with Crippen LogP contribution in [0.2, 0.25) is 0 Å². The first-order valence-electron chi connectivity index (χ1n) is 6.16. The van der Waals surface area contributed by atoms with E-state index in [4.69, 9.17) is 4.74 Å².